The quantitative estimate of drug-likeness (QED) is 0.361. The van der Waals surface area contributed by atoms with Crippen molar-refractivity contribution in [1.29, 1.82) is 0 Å². The van der Waals surface area contributed by atoms with Gasteiger partial charge in [0.2, 0.25) is 11.8 Å². The number of carbonyl (C=O) groups is 3. The number of aromatic hydroxyl groups is 1. The van der Waals surface area contributed by atoms with Gasteiger partial charge in [-0.05, 0) is 110 Å². The predicted molar refractivity (Wildman–Crippen MR) is 131 cm³/mol. The van der Waals surface area contributed by atoms with Crippen LogP contribution in [0.1, 0.15) is 18.4 Å². The summed E-state index contributed by atoms with van der Waals surface area (Å²) >= 11 is 6.30. The fraction of sp³-hybridized carbons (Fsp3) is 0.211. The maximum Gasteiger partial charge on any atom is 0.253 e. The number of phenols is 1. The lowest BCUT2D eigenvalue weighted by molar-refractivity contribution is -0.150. The summed E-state index contributed by atoms with van der Waals surface area (Å²) in [4.78, 5) is 36.6. The molecular weight excluding hydrogens is 711 g/mol. The van der Waals surface area contributed by atoms with E-state index in [9.17, 15) is 19.5 Å². The van der Waals surface area contributed by atoms with Crippen molar-refractivity contribution in [3.63, 3.8) is 0 Å². The smallest absolute Gasteiger partial charge is 0.253 e. The second-order valence-electron chi connectivity index (χ2n) is 6.38. The third-order valence-electron chi connectivity index (χ3n) is 4.24. The lowest BCUT2D eigenvalue weighted by atomic mass is 10.1. The van der Waals surface area contributed by atoms with E-state index in [1.165, 1.54) is 0 Å². The van der Waals surface area contributed by atoms with Crippen LogP contribution in [0.4, 0.5) is 0 Å². The largest absolute Gasteiger partial charge is 0.507 e. The Labute approximate surface area is 207 Å². The number of benzene rings is 2. The molecule has 0 spiro atoms. The van der Waals surface area contributed by atoms with Gasteiger partial charge in [-0.2, -0.15) is 0 Å². The Hall–Kier alpha value is -1.00. The highest BCUT2D eigenvalue weighted by molar-refractivity contribution is 14.1. The molecule has 3 rings (SSSR count). The van der Waals surface area contributed by atoms with Crippen LogP contribution in [0.5, 0.6) is 17.2 Å². The minimum Gasteiger partial charge on any atom is -0.507 e. The fourth-order valence-electron chi connectivity index (χ4n) is 2.83. The molecule has 1 heterocycles. The average Bonchev–Trinajstić information content (AvgIpc) is 2.99. The van der Waals surface area contributed by atoms with Gasteiger partial charge in [-0.3, -0.25) is 14.4 Å². The van der Waals surface area contributed by atoms with Crippen molar-refractivity contribution in [2.45, 2.75) is 25.3 Å². The topological polar surface area (TPSA) is 110 Å². The van der Waals surface area contributed by atoms with Gasteiger partial charge >= 0.3 is 0 Å². The molecule has 3 amide bonds. The first-order valence-corrected chi connectivity index (χ1v) is 11.7. The number of nitrogens with zero attached hydrogens (tertiary/aromatic N) is 1. The standard InChI is InChI=1S/C19H15I3N2O5/c20-11-8-10(1-2-15(11)25)29-18-12(21)5-9(6-13(18)22)7-14(23)19(28)24-16(26)3-4-17(24)27/h1-2,5-6,8,14,25H,3-4,7,23H2/i20-2,21-2,22-2. The molecule has 1 saturated heterocycles. The Morgan fingerprint density at radius 3 is 2.21 bits per heavy atom. The second kappa shape index (κ2) is 9.43. The van der Waals surface area contributed by atoms with Crippen LogP contribution in [0, 0.1) is 10.7 Å². The summed E-state index contributed by atoms with van der Waals surface area (Å²) < 4.78 is 8.28. The van der Waals surface area contributed by atoms with Crippen LogP contribution in [0.2, 0.25) is 0 Å². The zero-order valence-electron chi connectivity index (χ0n) is 14.8. The highest BCUT2D eigenvalue weighted by Crippen LogP contribution is 2.35. The van der Waals surface area contributed by atoms with Crippen LogP contribution in [0.3, 0.4) is 0 Å². The molecule has 1 fully saturated rings. The SMILES string of the molecule is NC(Cc1cc([125I])c(Oc2ccc(O)c([125I])c2)c([125I])c1)C(=O)N1C(=O)CCC1=O. The lowest BCUT2D eigenvalue weighted by Crippen LogP contribution is -2.47. The zero-order chi connectivity index (χ0) is 21.3. The normalized spacial score (nSPS) is 15.0. The predicted octanol–water partition coefficient (Wildman–Crippen LogP) is 3.54. The van der Waals surface area contributed by atoms with Crippen LogP contribution in [0.25, 0.3) is 0 Å². The van der Waals surface area contributed by atoms with E-state index in [1.807, 2.05) is 34.7 Å². The van der Waals surface area contributed by atoms with Gasteiger partial charge in [0.1, 0.15) is 11.5 Å². The first kappa shape index (κ1) is 22.7. The molecule has 0 bridgehead atoms. The molecule has 0 saturated carbocycles. The second-order valence-corrected chi connectivity index (χ2v) is 9.86. The Morgan fingerprint density at radius 1 is 1.07 bits per heavy atom. The summed E-state index contributed by atoms with van der Waals surface area (Å²) in [5, 5.41) is 9.64. The number of amides is 3. The Balaban J connectivity index is 1.76. The van der Waals surface area contributed by atoms with Crippen molar-refractivity contribution in [3.05, 3.63) is 46.6 Å². The highest BCUT2D eigenvalue weighted by atomic mass is 125. The molecule has 1 aliphatic rings. The van der Waals surface area contributed by atoms with Gasteiger partial charge < -0.3 is 15.6 Å². The van der Waals surface area contributed by atoms with Crippen molar-refractivity contribution in [1.82, 2.24) is 4.90 Å². The minimum atomic E-state index is -0.988. The molecule has 2 aromatic carbocycles. The first-order chi connectivity index (χ1) is 13.7. The fourth-order valence-corrected chi connectivity index (χ4v) is 5.43. The first-order valence-electron chi connectivity index (χ1n) is 8.47. The van der Waals surface area contributed by atoms with E-state index in [4.69, 9.17) is 10.5 Å². The van der Waals surface area contributed by atoms with E-state index in [-0.39, 0.29) is 25.0 Å². The van der Waals surface area contributed by atoms with E-state index in [1.54, 1.807) is 18.2 Å². The highest BCUT2D eigenvalue weighted by Gasteiger charge is 2.36. The van der Waals surface area contributed by atoms with Crippen LogP contribution in [-0.4, -0.2) is 33.8 Å². The monoisotopic (exact) mass is 726 g/mol. The number of hydrogen-bond acceptors (Lipinski definition) is 6. The Morgan fingerprint density at radius 2 is 1.66 bits per heavy atom. The van der Waals surface area contributed by atoms with Gasteiger partial charge in [0.05, 0.1) is 16.8 Å². The third-order valence-corrected chi connectivity index (χ3v) is 6.71. The molecule has 0 aromatic heterocycles. The van der Waals surface area contributed by atoms with E-state index in [0.29, 0.717) is 20.0 Å². The van der Waals surface area contributed by atoms with Crippen molar-refractivity contribution in [2.24, 2.45) is 5.73 Å². The minimum absolute atomic E-state index is 0.0509. The zero-order valence-corrected chi connectivity index (χ0v) is 21.3. The molecule has 2 aromatic rings. The van der Waals surface area contributed by atoms with Gasteiger partial charge in [-0.15, -0.1) is 0 Å². The summed E-state index contributed by atoms with van der Waals surface area (Å²) in [7, 11) is 0. The summed E-state index contributed by atoms with van der Waals surface area (Å²) in [6.07, 6.45) is 0.296. The van der Waals surface area contributed by atoms with Gasteiger partial charge in [0.15, 0.2) is 5.75 Å². The molecule has 1 aliphatic heterocycles. The van der Waals surface area contributed by atoms with E-state index in [0.717, 1.165) is 12.7 Å². The van der Waals surface area contributed by atoms with Gasteiger partial charge in [-0.1, -0.05) is 0 Å². The summed E-state index contributed by atoms with van der Waals surface area (Å²) in [5.41, 5.74) is 6.79. The van der Waals surface area contributed by atoms with E-state index in [2.05, 4.69) is 45.2 Å². The molecule has 3 N–H and O–H groups in total. The summed E-state index contributed by atoms with van der Waals surface area (Å²) in [6, 6.07) is 7.69. The number of imide groups is 3. The molecule has 1 unspecified atom stereocenters. The molecule has 0 radical (unpaired) electrons. The van der Waals surface area contributed by atoms with Gasteiger partial charge in [0, 0.05) is 12.8 Å². The number of rotatable bonds is 5. The average molecular weight is 726 g/mol. The van der Waals surface area contributed by atoms with Crippen LogP contribution in [-0.2, 0) is 20.8 Å². The number of hydrogen-bond donors (Lipinski definition) is 2. The number of ether oxygens (including phenoxy) is 1. The van der Waals surface area contributed by atoms with Crippen molar-refractivity contribution in [3.8, 4) is 17.2 Å². The van der Waals surface area contributed by atoms with Gasteiger partial charge in [-0.25, -0.2) is 4.90 Å². The number of nitrogens with two attached hydrogens (primary N) is 1. The van der Waals surface area contributed by atoms with Crippen molar-refractivity contribution < 1.29 is 24.2 Å². The van der Waals surface area contributed by atoms with Crippen LogP contribution < -0.4 is 10.5 Å². The Kier molecular flexibility index (Phi) is 7.37. The molecule has 152 valence electrons. The number of halogens is 3. The molecule has 29 heavy (non-hydrogen) atoms. The number of carbonyl (C=O) groups excluding carboxylic acids is 3. The number of phenolic OH excluding ortho intramolecular Hbond substituents is 1. The van der Waals surface area contributed by atoms with E-state index >= 15 is 0 Å². The lowest BCUT2D eigenvalue weighted by Gasteiger charge is -2.18. The molecule has 10 heteroatoms. The van der Waals surface area contributed by atoms with Crippen LogP contribution >= 0.6 is 67.8 Å². The summed E-state index contributed by atoms with van der Waals surface area (Å²) in [5.74, 6) is -0.221. The number of likely N-dealkylation sites (tertiary alicyclic amines) is 1. The van der Waals surface area contributed by atoms with E-state index < -0.39 is 23.8 Å². The van der Waals surface area contributed by atoms with Crippen molar-refractivity contribution >= 4 is 85.5 Å². The summed E-state index contributed by atoms with van der Waals surface area (Å²) in [6.45, 7) is 0. The molecule has 0 aliphatic carbocycles. The molecule has 1 atom stereocenters. The van der Waals surface area contributed by atoms with Crippen LogP contribution in [0.15, 0.2) is 30.3 Å². The Bertz CT molecular complexity index is 972. The maximum absolute atomic E-state index is 12.4. The third kappa shape index (κ3) is 5.19. The van der Waals surface area contributed by atoms with Gasteiger partial charge in [0.25, 0.3) is 5.91 Å². The molecular formula is C19H15I3N2O5. The maximum atomic E-state index is 12.4. The molecule has 7 nitrogen and oxygen atoms in total. The van der Waals surface area contributed by atoms with Crippen molar-refractivity contribution in [2.75, 3.05) is 0 Å².